The van der Waals surface area contributed by atoms with Crippen LogP contribution in [-0.4, -0.2) is 58.5 Å². The molecule has 0 spiro atoms. The van der Waals surface area contributed by atoms with Crippen LogP contribution in [0, 0.1) is 0 Å². The van der Waals surface area contributed by atoms with E-state index >= 15 is 0 Å². The van der Waals surface area contributed by atoms with E-state index in [4.69, 9.17) is 10.5 Å². The fourth-order valence-electron chi connectivity index (χ4n) is 1.86. The molecule has 0 unspecified atom stereocenters. The number of carbonyl (C=O) groups excluding carboxylic acids is 2. The molecule has 1 aliphatic rings. The number of hydrogen-bond donors (Lipinski definition) is 1. The molecule has 1 aliphatic heterocycles. The zero-order valence-electron chi connectivity index (χ0n) is 9.35. The van der Waals surface area contributed by atoms with Crippen molar-refractivity contribution >= 4 is 27.9 Å². The van der Waals surface area contributed by atoms with Crippen LogP contribution in [0.15, 0.2) is 0 Å². The van der Waals surface area contributed by atoms with Gasteiger partial charge in [0.2, 0.25) is 0 Å². The van der Waals surface area contributed by atoms with Crippen molar-refractivity contribution in [2.24, 2.45) is 5.73 Å². The number of methoxy groups -OCH3 is 1. The Morgan fingerprint density at radius 2 is 2.25 bits per heavy atom. The number of nitrogens with two attached hydrogens (primary N) is 1. The second-order valence-corrected chi connectivity index (χ2v) is 4.54. The number of nitrogens with zero attached hydrogens (tertiary/aromatic N) is 1. The van der Waals surface area contributed by atoms with Gasteiger partial charge < -0.3 is 0 Å². The second-order valence-electron chi connectivity index (χ2n) is 3.84. The van der Waals surface area contributed by atoms with Crippen LogP contribution in [-0.2, 0) is 14.3 Å². The van der Waals surface area contributed by atoms with Gasteiger partial charge in [-0.3, -0.25) is 0 Å². The van der Waals surface area contributed by atoms with Crippen LogP contribution in [0.3, 0.4) is 0 Å². The van der Waals surface area contributed by atoms with Crippen LogP contribution < -0.4 is 5.73 Å². The number of likely N-dealkylation sites (tertiary alicyclic amines) is 1. The predicted octanol–water partition coefficient (Wildman–Crippen LogP) is -0.545. The van der Waals surface area contributed by atoms with Crippen molar-refractivity contribution in [1.82, 2.24) is 4.90 Å². The maximum absolute atomic E-state index is 11.9. The molecular formula is C10H17N2O3Se. The van der Waals surface area contributed by atoms with Crippen molar-refractivity contribution in [1.29, 1.82) is 0 Å². The SMILES string of the molecule is COC(=O)[C@@H]1CCCCN1C(=O)[C@@H](N)C[Se]. The van der Waals surface area contributed by atoms with Crippen LogP contribution in [0.1, 0.15) is 19.3 Å². The molecule has 1 fully saturated rings. The Hall–Kier alpha value is -0.581. The maximum atomic E-state index is 11.9. The fraction of sp³-hybridized carbons (Fsp3) is 0.800. The van der Waals surface area contributed by atoms with Gasteiger partial charge in [0.05, 0.1) is 0 Å². The van der Waals surface area contributed by atoms with Crippen LogP contribution >= 0.6 is 0 Å². The molecular weight excluding hydrogens is 275 g/mol. The Morgan fingerprint density at radius 3 is 2.81 bits per heavy atom. The van der Waals surface area contributed by atoms with Gasteiger partial charge in [0, 0.05) is 0 Å². The van der Waals surface area contributed by atoms with Crippen LogP contribution in [0.4, 0.5) is 0 Å². The van der Waals surface area contributed by atoms with E-state index in [2.05, 4.69) is 16.0 Å². The molecule has 1 saturated heterocycles. The number of hydrogen-bond acceptors (Lipinski definition) is 4. The summed E-state index contributed by atoms with van der Waals surface area (Å²) < 4.78 is 4.70. The molecule has 2 N–H and O–H groups in total. The Bertz CT molecular complexity index is 273. The van der Waals surface area contributed by atoms with Crippen molar-refractivity contribution < 1.29 is 14.3 Å². The number of rotatable bonds is 3. The van der Waals surface area contributed by atoms with Gasteiger partial charge in [-0.2, -0.15) is 0 Å². The molecule has 6 heteroatoms. The number of carbonyl (C=O) groups is 2. The van der Waals surface area contributed by atoms with E-state index in [1.807, 2.05) is 0 Å². The van der Waals surface area contributed by atoms with Gasteiger partial charge in [-0.05, 0) is 0 Å². The van der Waals surface area contributed by atoms with Gasteiger partial charge >= 0.3 is 103 Å². The number of piperidine rings is 1. The summed E-state index contributed by atoms with van der Waals surface area (Å²) in [5.41, 5.74) is 5.68. The minimum absolute atomic E-state index is 0.172. The second kappa shape index (κ2) is 6.23. The van der Waals surface area contributed by atoms with Gasteiger partial charge in [-0.1, -0.05) is 0 Å². The van der Waals surface area contributed by atoms with Gasteiger partial charge in [-0.25, -0.2) is 0 Å². The Kier molecular flexibility index (Phi) is 5.25. The zero-order chi connectivity index (χ0) is 12.1. The molecule has 0 aliphatic carbocycles. The van der Waals surface area contributed by atoms with Gasteiger partial charge in [0.1, 0.15) is 0 Å². The average Bonchev–Trinajstić information content (AvgIpc) is 2.35. The number of amides is 1. The Labute approximate surface area is 103 Å². The number of ether oxygens (including phenoxy) is 1. The number of esters is 1. The molecule has 2 atom stereocenters. The summed E-state index contributed by atoms with van der Waals surface area (Å²) in [6.45, 7) is 0.590. The topological polar surface area (TPSA) is 72.6 Å². The quantitative estimate of drug-likeness (QED) is 0.560. The van der Waals surface area contributed by atoms with Crippen LogP contribution in [0.2, 0.25) is 5.32 Å². The third-order valence-electron chi connectivity index (χ3n) is 2.76. The normalized spacial score (nSPS) is 22.7. The van der Waals surface area contributed by atoms with E-state index in [0.717, 1.165) is 12.8 Å². The summed E-state index contributed by atoms with van der Waals surface area (Å²) in [6, 6.07) is -1.02. The van der Waals surface area contributed by atoms with Crippen molar-refractivity contribution in [2.45, 2.75) is 36.7 Å². The van der Waals surface area contributed by atoms with E-state index in [9.17, 15) is 9.59 Å². The third-order valence-corrected chi connectivity index (χ3v) is 3.51. The van der Waals surface area contributed by atoms with Crippen molar-refractivity contribution in [3.8, 4) is 0 Å². The average molecular weight is 292 g/mol. The summed E-state index contributed by atoms with van der Waals surface area (Å²) in [6.07, 6.45) is 2.52. The standard InChI is InChI=1S/C10H17N2O3Se/c1-15-10(14)8-4-2-3-5-12(8)9(13)7(11)6-16/h7-8H,2-6,11H2,1H3/t7-,8-/m0/s1. The summed E-state index contributed by atoms with van der Waals surface area (Å²) >= 11 is 2.73. The van der Waals surface area contributed by atoms with E-state index in [0.29, 0.717) is 18.3 Å². The first-order valence-corrected chi connectivity index (χ1v) is 6.55. The fourth-order valence-corrected chi connectivity index (χ4v) is 2.16. The molecule has 0 aromatic heterocycles. The van der Waals surface area contributed by atoms with E-state index in [1.165, 1.54) is 7.11 Å². The first-order chi connectivity index (χ1) is 7.61. The Balaban J connectivity index is 2.73. The van der Waals surface area contributed by atoms with E-state index in [-0.39, 0.29) is 11.9 Å². The first-order valence-electron chi connectivity index (χ1n) is 5.33. The first kappa shape index (κ1) is 13.5. The van der Waals surface area contributed by atoms with Gasteiger partial charge in [-0.15, -0.1) is 0 Å². The molecule has 1 radical (unpaired) electrons. The molecule has 1 amide bonds. The van der Waals surface area contributed by atoms with Crippen molar-refractivity contribution in [2.75, 3.05) is 13.7 Å². The van der Waals surface area contributed by atoms with Crippen LogP contribution in [0.25, 0.3) is 0 Å². The molecule has 1 rings (SSSR count). The van der Waals surface area contributed by atoms with Gasteiger partial charge in [0.25, 0.3) is 0 Å². The monoisotopic (exact) mass is 293 g/mol. The third kappa shape index (κ3) is 2.97. The summed E-state index contributed by atoms with van der Waals surface area (Å²) in [5, 5.41) is 0.462. The molecule has 5 nitrogen and oxygen atoms in total. The molecule has 91 valence electrons. The van der Waals surface area contributed by atoms with Crippen molar-refractivity contribution in [3.63, 3.8) is 0 Å². The predicted molar refractivity (Wildman–Crippen MR) is 59.9 cm³/mol. The van der Waals surface area contributed by atoms with Crippen molar-refractivity contribution in [3.05, 3.63) is 0 Å². The van der Waals surface area contributed by atoms with E-state index < -0.39 is 12.1 Å². The Morgan fingerprint density at radius 1 is 1.56 bits per heavy atom. The van der Waals surface area contributed by atoms with Crippen LogP contribution in [0.5, 0.6) is 0 Å². The molecule has 0 bridgehead atoms. The summed E-state index contributed by atoms with van der Waals surface area (Å²) in [5.74, 6) is -0.519. The molecule has 16 heavy (non-hydrogen) atoms. The molecule has 0 aromatic carbocycles. The van der Waals surface area contributed by atoms with Gasteiger partial charge in [0.15, 0.2) is 0 Å². The molecule has 0 aromatic rings. The summed E-state index contributed by atoms with van der Waals surface area (Å²) in [7, 11) is 1.34. The molecule has 0 saturated carbocycles. The summed E-state index contributed by atoms with van der Waals surface area (Å²) in [4.78, 5) is 25.0. The van der Waals surface area contributed by atoms with E-state index in [1.54, 1.807) is 4.90 Å². The molecule has 1 heterocycles. The minimum atomic E-state index is -0.565. The zero-order valence-corrected chi connectivity index (χ0v) is 11.1.